The number of carbonyl (C=O) groups excluding carboxylic acids is 1. The number of hydrogen-bond acceptors (Lipinski definition) is 3. The Morgan fingerprint density at radius 1 is 1.42 bits per heavy atom. The summed E-state index contributed by atoms with van der Waals surface area (Å²) in [5.74, 6) is -1.32. The zero-order valence-corrected chi connectivity index (χ0v) is 10.9. The van der Waals surface area contributed by atoms with Crippen LogP contribution in [0.2, 0.25) is 0 Å². The first kappa shape index (κ1) is 13.4. The topological polar surface area (TPSA) is 83.6 Å². The number of amides is 1. The predicted octanol–water partition coefficient (Wildman–Crippen LogP) is 0.990. The van der Waals surface area contributed by atoms with E-state index in [1.165, 1.54) is 0 Å². The number of carbonyl (C=O) groups is 2. The number of nitrogens with zero attached hydrogens (tertiary/aromatic N) is 1. The Labute approximate surface area is 112 Å². The Morgan fingerprint density at radius 2 is 2.16 bits per heavy atom. The van der Waals surface area contributed by atoms with Gasteiger partial charge in [0, 0.05) is 18.8 Å². The van der Waals surface area contributed by atoms with Gasteiger partial charge in [-0.25, -0.2) is 0 Å². The summed E-state index contributed by atoms with van der Waals surface area (Å²) >= 11 is 0. The van der Waals surface area contributed by atoms with Crippen LogP contribution in [-0.2, 0) is 16.0 Å². The molecule has 1 aromatic rings. The average Bonchev–Trinajstić information content (AvgIpc) is 2.71. The standard InChI is InChI=1S/C14H18N2O3/c1-9-7-16(8-12(9)14(18)19)13(17)6-10-3-2-4-11(15)5-10/h2-5,9,12H,6-8,15H2,1H3,(H,18,19)/t9-,12-/m1/s1. The smallest absolute Gasteiger partial charge is 0.308 e. The predicted molar refractivity (Wildman–Crippen MR) is 71.4 cm³/mol. The molecule has 1 fully saturated rings. The minimum Gasteiger partial charge on any atom is -0.481 e. The fraction of sp³-hybridized carbons (Fsp3) is 0.429. The highest BCUT2D eigenvalue weighted by atomic mass is 16.4. The number of nitrogen functional groups attached to an aromatic ring is 1. The molecule has 1 aromatic carbocycles. The van der Waals surface area contributed by atoms with E-state index in [1.54, 1.807) is 17.0 Å². The minimum absolute atomic E-state index is 0.00212. The number of carboxylic acids is 1. The molecule has 0 aliphatic carbocycles. The molecule has 5 nitrogen and oxygen atoms in total. The first-order chi connectivity index (χ1) is 8.97. The van der Waals surface area contributed by atoms with Crippen molar-refractivity contribution in [3.8, 4) is 0 Å². The molecule has 1 amide bonds. The van der Waals surface area contributed by atoms with E-state index in [0.717, 1.165) is 5.56 Å². The van der Waals surface area contributed by atoms with Crippen LogP contribution in [0.3, 0.4) is 0 Å². The van der Waals surface area contributed by atoms with Crippen LogP contribution in [0, 0.1) is 11.8 Å². The molecule has 102 valence electrons. The van der Waals surface area contributed by atoms with Crippen LogP contribution in [0.5, 0.6) is 0 Å². The van der Waals surface area contributed by atoms with Gasteiger partial charge in [-0.3, -0.25) is 9.59 Å². The number of anilines is 1. The number of nitrogens with two attached hydrogens (primary N) is 1. The van der Waals surface area contributed by atoms with Gasteiger partial charge in [0.05, 0.1) is 12.3 Å². The van der Waals surface area contributed by atoms with Gasteiger partial charge in [-0.05, 0) is 23.6 Å². The van der Waals surface area contributed by atoms with Gasteiger partial charge in [0.1, 0.15) is 0 Å². The third-order valence-corrected chi connectivity index (χ3v) is 3.59. The Morgan fingerprint density at radius 3 is 2.74 bits per heavy atom. The lowest BCUT2D eigenvalue weighted by Crippen LogP contribution is -2.31. The second kappa shape index (κ2) is 5.30. The van der Waals surface area contributed by atoms with E-state index in [0.29, 0.717) is 18.8 Å². The molecule has 1 saturated heterocycles. The van der Waals surface area contributed by atoms with Gasteiger partial charge in [0.2, 0.25) is 5.91 Å². The van der Waals surface area contributed by atoms with Crippen molar-refractivity contribution < 1.29 is 14.7 Å². The van der Waals surface area contributed by atoms with Crippen LogP contribution in [0.15, 0.2) is 24.3 Å². The molecule has 19 heavy (non-hydrogen) atoms. The van der Waals surface area contributed by atoms with Gasteiger partial charge in [0.15, 0.2) is 0 Å². The van der Waals surface area contributed by atoms with Gasteiger partial charge in [-0.1, -0.05) is 19.1 Å². The Hall–Kier alpha value is -2.04. The first-order valence-electron chi connectivity index (χ1n) is 6.32. The Kier molecular flexibility index (Phi) is 3.74. The fourth-order valence-corrected chi connectivity index (χ4v) is 2.48. The molecule has 0 aromatic heterocycles. The zero-order valence-electron chi connectivity index (χ0n) is 10.9. The van der Waals surface area contributed by atoms with E-state index in [1.807, 2.05) is 19.1 Å². The highest BCUT2D eigenvalue weighted by molar-refractivity contribution is 5.81. The van der Waals surface area contributed by atoms with E-state index in [4.69, 9.17) is 10.8 Å². The van der Waals surface area contributed by atoms with Gasteiger partial charge in [0.25, 0.3) is 0 Å². The monoisotopic (exact) mass is 262 g/mol. The van der Waals surface area contributed by atoms with Crippen LogP contribution in [0.4, 0.5) is 5.69 Å². The van der Waals surface area contributed by atoms with Crippen molar-refractivity contribution in [2.75, 3.05) is 18.8 Å². The maximum atomic E-state index is 12.1. The highest BCUT2D eigenvalue weighted by Gasteiger charge is 2.36. The summed E-state index contributed by atoms with van der Waals surface area (Å²) in [6.45, 7) is 2.68. The molecule has 1 aliphatic rings. The molecule has 2 rings (SSSR count). The lowest BCUT2D eigenvalue weighted by Gasteiger charge is -2.16. The van der Waals surface area contributed by atoms with E-state index in [2.05, 4.69) is 0 Å². The maximum absolute atomic E-state index is 12.1. The maximum Gasteiger partial charge on any atom is 0.308 e. The van der Waals surface area contributed by atoms with Crippen LogP contribution in [0.25, 0.3) is 0 Å². The van der Waals surface area contributed by atoms with Gasteiger partial charge >= 0.3 is 5.97 Å². The van der Waals surface area contributed by atoms with Gasteiger partial charge in [-0.15, -0.1) is 0 Å². The molecule has 0 radical (unpaired) electrons. The summed E-state index contributed by atoms with van der Waals surface area (Å²) in [5.41, 5.74) is 7.16. The van der Waals surface area contributed by atoms with Crippen molar-refractivity contribution in [3.63, 3.8) is 0 Å². The molecule has 1 heterocycles. The quantitative estimate of drug-likeness (QED) is 0.796. The summed E-state index contributed by atoms with van der Waals surface area (Å²) in [7, 11) is 0. The van der Waals surface area contributed by atoms with E-state index < -0.39 is 11.9 Å². The minimum atomic E-state index is -0.827. The van der Waals surface area contributed by atoms with Gasteiger partial charge < -0.3 is 15.7 Å². The summed E-state index contributed by atoms with van der Waals surface area (Å²) < 4.78 is 0. The van der Waals surface area contributed by atoms with Crippen molar-refractivity contribution in [1.82, 2.24) is 4.90 Å². The van der Waals surface area contributed by atoms with E-state index in [9.17, 15) is 9.59 Å². The van der Waals surface area contributed by atoms with Crippen LogP contribution in [-0.4, -0.2) is 35.0 Å². The Balaban J connectivity index is 2.00. The molecule has 5 heteroatoms. The lowest BCUT2D eigenvalue weighted by atomic mass is 9.99. The molecular formula is C14H18N2O3. The summed E-state index contributed by atoms with van der Waals surface area (Å²) in [5, 5.41) is 9.05. The lowest BCUT2D eigenvalue weighted by molar-refractivity contribution is -0.142. The van der Waals surface area contributed by atoms with Crippen molar-refractivity contribution >= 4 is 17.6 Å². The average molecular weight is 262 g/mol. The summed E-state index contributed by atoms with van der Waals surface area (Å²) in [6, 6.07) is 7.20. The van der Waals surface area contributed by atoms with E-state index in [-0.39, 0.29) is 18.2 Å². The van der Waals surface area contributed by atoms with E-state index >= 15 is 0 Å². The third kappa shape index (κ3) is 3.05. The number of aliphatic carboxylic acids is 1. The number of hydrogen-bond donors (Lipinski definition) is 2. The second-order valence-corrected chi connectivity index (χ2v) is 5.14. The van der Waals surface area contributed by atoms with Crippen molar-refractivity contribution in [3.05, 3.63) is 29.8 Å². The molecule has 3 N–H and O–H groups in total. The normalized spacial score (nSPS) is 22.5. The molecule has 0 spiro atoms. The van der Waals surface area contributed by atoms with Crippen molar-refractivity contribution in [2.45, 2.75) is 13.3 Å². The largest absolute Gasteiger partial charge is 0.481 e. The van der Waals surface area contributed by atoms with Gasteiger partial charge in [-0.2, -0.15) is 0 Å². The highest BCUT2D eigenvalue weighted by Crippen LogP contribution is 2.23. The van der Waals surface area contributed by atoms with Crippen LogP contribution < -0.4 is 5.73 Å². The molecular weight excluding hydrogens is 244 g/mol. The fourth-order valence-electron chi connectivity index (χ4n) is 2.48. The van der Waals surface area contributed by atoms with Crippen LogP contribution in [0.1, 0.15) is 12.5 Å². The number of rotatable bonds is 3. The number of likely N-dealkylation sites (tertiary alicyclic amines) is 1. The van der Waals surface area contributed by atoms with Crippen molar-refractivity contribution in [2.24, 2.45) is 11.8 Å². The second-order valence-electron chi connectivity index (χ2n) is 5.14. The molecule has 0 unspecified atom stereocenters. The SMILES string of the molecule is C[C@@H]1CN(C(=O)Cc2cccc(N)c2)C[C@H]1C(=O)O. The Bertz CT molecular complexity index is 501. The van der Waals surface area contributed by atoms with Crippen molar-refractivity contribution in [1.29, 1.82) is 0 Å². The molecule has 1 aliphatic heterocycles. The number of benzene rings is 1. The molecule has 0 bridgehead atoms. The number of carboxylic acid groups (broad SMARTS) is 1. The first-order valence-corrected chi connectivity index (χ1v) is 6.32. The molecule has 0 saturated carbocycles. The summed E-state index contributed by atoms with van der Waals surface area (Å²) in [6.07, 6.45) is 0.268. The molecule has 2 atom stereocenters. The third-order valence-electron chi connectivity index (χ3n) is 3.59. The zero-order chi connectivity index (χ0) is 14.0. The summed E-state index contributed by atoms with van der Waals surface area (Å²) in [4.78, 5) is 24.8. The van der Waals surface area contributed by atoms with Crippen LogP contribution >= 0.6 is 0 Å².